The summed E-state index contributed by atoms with van der Waals surface area (Å²) in [6.07, 6.45) is 1.67. The number of hydrogen-bond acceptors (Lipinski definition) is 4. The van der Waals surface area contributed by atoms with Crippen LogP contribution in [0.1, 0.15) is 18.4 Å². The minimum Gasteiger partial charge on any atom is -0.324 e. The van der Waals surface area contributed by atoms with Gasteiger partial charge >= 0.3 is 0 Å². The van der Waals surface area contributed by atoms with Gasteiger partial charge in [0.15, 0.2) is 0 Å². The first-order chi connectivity index (χ1) is 16.0. The van der Waals surface area contributed by atoms with Crippen LogP contribution in [0, 0.1) is 11.8 Å². The number of benzene rings is 3. The van der Waals surface area contributed by atoms with E-state index in [1.54, 1.807) is 18.2 Å². The molecule has 0 radical (unpaired) electrons. The Morgan fingerprint density at radius 3 is 2.67 bits per heavy atom. The van der Waals surface area contributed by atoms with Gasteiger partial charge in [0.2, 0.25) is 17.7 Å². The Labute approximate surface area is 195 Å². The van der Waals surface area contributed by atoms with Gasteiger partial charge < -0.3 is 5.32 Å². The summed E-state index contributed by atoms with van der Waals surface area (Å²) in [5.41, 5.74) is 0.750. The van der Waals surface area contributed by atoms with E-state index in [1.807, 2.05) is 42.5 Å². The molecule has 3 fully saturated rings. The number of carbonyl (C=O) groups excluding carboxylic acids is 3. The van der Waals surface area contributed by atoms with Crippen molar-refractivity contribution in [2.45, 2.75) is 24.4 Å². The van der Waals surface area contributed by atoms with Crippen LogP contribution in [-0.2, 0) is 19.9 Å². The highest BCUT2D eigenvalue weighted by molar-refractivity contribution is 6.31. The number of carbonyl (C=O) groups is 3. The fraction of sp³-hybridized carbons (Fsp3) is 0.269. The number of fused-ring (bicyclic) bond motifs is 8. The molecule has 0 aromatic heterocycles. The van der Waals surface area contributed by atoms with Crippen LogP contribution in [0.4, 0.5) is 11.4 Å². The molecule has 4 unspecified atom stereocenters. The third kappa shape index (κ3) is 2.20. The lowest BCUT2D eigenvalue weighted by Gasteiger charge is -2.36. The molecule has 4 heterocycles. The van der Waals surface area contributed by atoms with Crippen LogP contribution in [0.15, 0.2) is 60.7 Å². The molecule has 7 heteroatoms. The highest BCUT2D eigenvalue weighted by Gasteiger charge is 2.74. The maximum absolute atomic E-state index is 14.1. The highest BCUT2D eigenvalue weighted by atomic mass is 35.5. The van der Waals surface area contributed by atoms with Gasteiger partial charge in [0.05, 0.1) is 17.5 Å². The molecule has 3 aromatic carbocycles. The Hall–Kier alpha value is -3.22. The third-order valence-electron chi connectivity index (χ3n) is 7.96. The maximum Gasteiger partial charge on any atom is 0.250 e. The highest BCUT2D eigenvalue weighted by Crippen LogP contribution is 2.61. The molecule has 7 rings (SSSR count). The van der Waals surface area contributed by atoms with E-state index in [0.717, 1.165) is 23.6 Å². The number of amides is 3. The predicted octanol–water partition coefficient (Wildman–Crippen LogP) is 3.92. The van der Waals surface area contributed by atoms with Gasteiger partial charge in [-0.3, -0.25) is 19.3 Å². The molecule has 3 aromatic rings. The lowest BCUT2D eigenvalue weighted by atomic mass is 9.75. The van der Waals surface area contributed by atoms with E-state index in [-0.39, 0.29) is 23.8 Å². The fourth-order valence-electron chi connectivity index (χ4n) is 6.82. The minimum atomic E-state index is -1.21. The van der Waals surface area contributed by atoms with E-state index in [0.29, 0.717) is 28.5 Å². The first kappa shape index (κ1) is 19.3. The lowest BCUT2D eigenvalue weighted by Crippen LogP contribution is -2.54. The molecule has 0 saturated carbocycles. The summed E-state index contributed by atoms with van der Waals surface area (Å²) in [4.78, 5) is 45.2. The molecule has 1 spiro atoms. The van der Waals surface area contributed by atoms with Crippen molar-refractivity contribution >= 4 is 51.5 Å². The van der Waals surface area contributed by atoms with Crippen LogP contribution in [0.5, 0.6) is 0 Å². The summed E-state index contributed by atoms with van der Waals surface area (Å²) >= 11 is 6.35. The zero-order valence-electron chi connectivity index (χ0n) is 17.6. The summed E-state index contributed by atoms with van der Waals surface area (Å²) in [5, 5.41) is 5.29. The molecule has 4 aliphatic heterocycles. The number of nitrogens with one attached hydrogen (secondary N) is 1. The quantitative estimate of drug-likeness (QED) is 0.562. The van der Waals surface area contributed by atoms with Crippen molar-refractivity contribution in [1.82, 2.24) is 4.90 Å². The first-order valence-corrected chi connectivity index (χ1v) is 11.6. The van der Waals surface area contributed by atoms with Gasteiger partial charge in [-0.1, -0.05) is 48.0 Å². The number of rotatable bonds is 1. The number of anilines is 2. The second kappa shape index (κ2) is 6.43. The van der Waals surface area contributed by atoms with E-state index < -0.39 is 17.4 Å². The smallest absolute Gasteiger partial charge is 0.250 e. The molecule has 164 valence electrons. The van der Waals surface area contributed by atoms with E-state index in [1.165, 1.54) is 4.90 Å². The molecular formula is C26H20ClN3O3. The normalized spacial score (nSPS) is 30.3. The van der Waals surface area contributed by atoms with Gasteiger partial charge in [-0.05, 0) is 49.0 Å². The Morgan fingerprint density at radius 1 is 0.970 bits per heavy atom. The third-order valence-corrected chi connectivity index (χ3v) is 8.20. The average Bonchev–Trinajstić information content (AvgIpc) is 3.52. The number of halogens is 1. The van der Waals surface area contributed by atoms with Crippen LogP contribution in [0.2, 0.25) is 5.02 Å². The standard InChI is InChI=1S/C26H20ClN3O3/c27-15-10-11-18-17(13-15)26(25(33)28-18)22-21(20-9-4-12-29(20)26)23(31)30(24(22)32)19-8-3-6-14-5-1-2-7-16(14)19/h1-3,5-8,10-11,13,20-22H,4,9,12H2,(H,28,33). The molecule has 3 amide bonds. The Bertz CT molecular complexity index is 1400. The van der Waals surface area contributed by atoms with Crippen LogP contribution >= 0.6 is 11.6 Å². The summed E-state index contributed by atoms with van der Waals surface area (Å²) in [5.74, 6) is -2.10. The number of nitrogens with zero attached hydrogens (tertiary/aromatic N) is 2. The Balaban J connectivity index is 1.46. The van der Waals surface area contributed by atoms with Crippen LogP contribution < -0.4 is 10.2 Å². The number of imide groups is 1. The molecule has 3 saturated heterocycles. The summed E-state index contributed by atoms with van der Waals surface area (Å²) < 4.78 is 0. The fourth-order valence-corrected chi connectivity index (χ4v) is 6.99. The topological polar surface area (TPSA) is 69.7 Å². The maximum atomic E-state index is 14.1. The van der Waals surface area contributed by atoms with Crippen molar-refractivity contribution in [3.63, 3.8) is 0 Å². The van der Waals surface area contributed by atoms with Gasteiger partial charge in [-0.2, -0.15) is 0 Å². The SMILES string of the molecule is O=C1C2C3CCCN3C3(C(=O)Nc4ccc(Cl)cc43)C2C(=O)N1c1cccc2ccccc12. The van der Waals surface area contributed by atoms with Crippen molar-refractivity contribution in [1.29, 1.82) is 0 Å². The second-order valence-corrected chi connectivity index (χ2v) is 9.76. The molecule has 6 nitrogen and oxygen atoms in total. The van der Waals surface area contributed by atoms with E-state index >= 15 is 0 Å². The minimum absolute atomic E-state index is 0.151. The van der Waals surface area contributed by atoms with Gasteiger partial charge in [0.1, 0.15) is 5.54 Å². The average molecular weight is 458 g/mol. The molecule has 33 heavy (non-hydrogen) atoms. The summed E-state index contributed by atoms with van der Waals surface area (Å²) in [6.45, 7) is 0.672. The van der Waals surface area contributed by atoms with Gasteiger partial charge in [0, 0.05) is 27.7 Å². The lowest BCUT2D eigenvalue weighted by molar-refractivity contribution is -0.135. The Morgan fingerprint density at radius 2 is 1.79 bits per heavy atom. The predicted molar refractivity (Wildman–Crippen MR) is 125 cm³/mol. The van der Waals surface area contributed by atoms with Gasteiger partial charge in [-0.25, -0.2) is 4.90 Å². The van der Waals surface area contributed by atoms with E-state index in [9.17, 15) is 14.4 Å². The summed E-state index contributed by atoms with van der Waals surface area (Å²) in [7, 11) is 0. The first-order valence-electron chi connectivity index (χ1n) is 11.3. The monoisotopic (exact) mass is 457 g/mol. The van der Waals surface area contributed by atoms with Crippen molar-refractivity contribution in [2.75, 3.05) is 16.8 Å². The zero-order valence-corrected chi connectivity index (χ0v) is 18.4. The summed E-state index contributed by atoms with van der Waals surface area (Å²) in [6, 6.07) is 18.5. The van der Waals surface area contributed by atoms with Crippen LogP contribution in [-0.4, -0.2) is 35.2 Å². The Kier molecular flexibility index (Phi) is 3.75. The van der Waals surface area contributed by atoms with Crippen molar-refractivity contribution in [3.05, 3.63) is 71.2 Å². The molecule has 4 atom stereocenters. The van der Waals surface area contributed by atoms with Crippen LogP contribution in [0.25, 0.3) is 10.8 Å². The van der Waals surface area contributed by atoms with Crippen molar-refractivity contribution in [3.8, 4) is 0 Å². The largest absolute Gasteiger partial charge is 0.324 e. The van der Waals surface area contributed by atoms with E-state index in [4.69, 9.17) is 11.6 Å². The van der Waals surface area contributed by atoms with E-state index in [2.05, 4.69) is 10.2 Å². The molecule has 1 N–H and O–H groups in total. The molecule has 0 aliphatic carbocycles. The zero-order chi connectivity index (χ0) is 22.5. The molecule has 4 aliphatic rings. The number of hydrogen-bond donors (Lipinski definition) is 1. The molecule has 0 bridgehead atoms. The molecular weight excluding hydrogens is 438 g/mol. The van der Waals surface area contributed by atoms with Gasteiger partial charge in [0.25, 0.3) is 0 Å². The second-order valence-electron chi connectivity index (χ2n) is 9.33. The van der Waals surface area contributed by atoms with Crippen molar-refractivity contribution < 1.29 is 14.4 Å². The van der Waals surface area contributed by atoms with Gasteiger partial charge in [-0.15, -0.1) is 0 Å². The van der Waals surface area contributed by atoms with Crippen LogP contribution in [0.3, 0.4) is 0 Å². The van der Waals surface area contributed by atoms with Crippen molar-refractivity contribution in [2.24, 2.45) is 11.8 Å².